The third kappa shape index (κ3) is 4.59. The van der Waals surface area contributed by atoms with Gasteiger partial charge in [-0.1, -0.05) is 117 Å². The molecule has 0 fully saturated rings. The Morgan fingerprint density at radius 2 is 1.21 bits per heavy atom. The van der Waals surface area contributed by atoms with Crippen LogP contribution in [0.25, 0.3) is 42.4 Å². The Hall–Kier alpha value is -5.18. The standard InChI is InChI=1S/C45H35NS/c1-45(2)39-18-10-11-19-41(39)46(34-24-26-44-38(29-34)36-17-9-12-20-43(36)47-44)42-25-23-33(28-40(42)45)32-22-21-31-14-6-4-3-5-13-30-15-7-8-16-35(30)37(31)27-32/h3-12,15-29H,13-14H2,1-2H3/b5-3-,6-4-. The summed E-state index contributed by atoms with van der Waals surface area (Å²) in [7, 11) is 0. The number of anilines is 3. The molecule has 1 aliphatic carbocycles. The zero-order chi connectivity index (χ0) is 31.5. The van der Waals surface area contributed by atoms with Crippen molar-refractivity contribution in [2.24, 2.45) is 0 Å². The van der Waals surface area contributed by atoms with E-state index in [2.05, 4.69) is 170 Å². The number of thiophene rings is 1. The van der Waals surface area contributed by atoms with E-state index < -0.39 is 0 Å². The Labute approximate surface area is 280 Å². The topological polar surface area (TPSA) is 3.24 Å². The number of rotatable bonds is 2. The van der Waals surface area contributed by atoms with Gasteiger partial charge in [0.05, 0.1) is 11.4 Å². The first-order valence-electron chi connectivity index (χ1n) is 16.5. The Bertz CT molecular complexity index is 2400. The lowest BCUT2D eigenvalue weighted by molar-refractivity contribution is 0.632. The normalized spacial score (nSPS) is 16.2. The zero-order valence-corrected chi connectivity index (χ0v) is 27.5. The third-order valence-electron chi connectivity index (χ3n) is 10.2. The second-order valence-electron chi connectivity index (χ2n) is 13.3. The molecule has 0 atom stereocenters. The van der Waals surface area contributed by atoms with Gasteiger partial charge in [-0.15, -0.1) is 11.3 Å². The second-order valence-corrected chi connectivity index (χ2v) is 14.4. The molecule has 47 heavy (non-hydrogen) atoms. The van der Waals surface area contributed by atoms with Crippen molar-refractivity contribution in [2.75, 3.05) is 4.90 Å². The molecular weight excluding hydrogens is 587 g/mol. The predicted octanol–water partition coefficient (Wildman–Crippen LogP) is 12.7. The first kappa shape index (κ1) is 28.1. The molecule has 7 aromatic rings. The number of hydrogen-bond donors (Lipinski definition) is 0. The summed E-state index contributed by atoms with van der Waals surface area (Å²) < 4.78 is 2.66. The highest BCUT2D eigenvalue weighted by Crippen LogP contribution is 2.53. The molecule has 0 N–H and O–H groups in total. The molecule has 1 nitrogen and oxygen atoms in total. The van der Waals surface area contributed by atoms with Crippen LogP contribution < -0.4 is 4.90 Å². The quantitative estimate of drug-likeness (QED) is 0.186. The van der Waals surface area contributed by atoms with Gasteiger partial charge in [-0.05, 0) is 106 Å². The number of nitrogens with zero attached hydrogens (tertiary/aromatic N) is 1. The van der Waals surface area contributed by atoms with E-state index in [9.17, 15) is 0 Å². The van der Waals surface area contributed by atoms with Gasteiger partial charge in [-0.25, -0.2) is 0 Å². The smallest absolute Gasteiger partial charge is 0.0503 e. The van der Waals surface area contributed by atoms with Crippen LogP contribution in [0.1, 0.15) is 36.1 Å². The molecule has 6 aromatic carbocycles. The largest absolute Gasteiger partial charge is 0.310 e. The fraction of sp³-hybridized carbons (Fsp3) is 0.111. The van der Waals surface area contributed by atoms with Crippen molar-refractivity contribution in [3.8, 4) is 22.3 Å². The maximum Gasteiger partial charge on any atom is 0.0503 e. The van der Waals surface area contributed by atoms with Crippen molar-refractivity contribution in [1.82, 2.24) is 0 Å². The second kappa shape index (κ2) is 11.0. The van der Waals surface area contributed by atoms with Crippen molar-refractivity contribution in [3.63, 3.8) is 0 Å². The average molecular weight is 622 g/mol. The van der Waals surface area contributed by atoms with Gasteiger partial charge in [0.2, 0.25) is 0 Å². The first-order chi connectivity index (χ1) is 23.1. The molecule has 0 bridgehead atoms. The summed E-state index contributed by atoms with van der Waals surface area (Å²) in [5, 5.41) is 2.65. The lowest BCUT2D eigenvalue weighted by atomic mass is 9.73. The maximum atomic E-state index is 2.48. The minimum absolute atomic E-state index is 0.166. The minimum Gasteiger partial charge on any atom is -0.310 e. The van der Waals surface area contributed by atoms with Crippen LogP contribution >= 0.6 is 11.3 Å². The summed E-state index contributed by atoms with van der Waals surface area (Å²) in [6.07, 6.45) is 10.7. The molecule has 0 amide bonds. The Morgan fingerprint density at radius 3 is 2.11 bits per heavy atom. The number of para-hydroxylation sites is 1. The van der Waals surface area contributed by atoms with Gasteiger partial charge in [0, 0.05) is 31.3 Å². The third-order valence-corrected chi connectivity index (χ3v) is 11.3. The number of fused-ring (bicyclic) bond motifs is 8. The SMILES string of the molecule is CC1(C)c2ccccc2N(c2ccc3sc4ccccc4c3c2)c2ccc(-c3ccc4c(c3)-c3ccccc3C/C=C\C=C/C4)cc21. The molecule has 226 valence electrons. The summed E-state index contributed by atoms with van der Waals surface area (Å²) in [4.78, 5) is 2.48. The highest BCUT2D eigenvalue weighted by atomic mass is 32.1. The van der Waals surface area contributed by atoms with Gasteiger partial charge in [-0.2, -0.15) is 0 Å². The minimum atomic E-state index is -0.166. The van der Waals surface area contributed by atoms with Crippen LogP contribution in [0.15, 0.2) is 152 Å². The van der Waals surface area contributed by atoms with Gasteiger partial charge in [0.1, 0.15) is 0 Å². The molecule has 9 rings (SSSR count). The molecule has 1 aliphatic heterocycles. The monoisotopic (exact) mass is 621 g/mol. The maximum absolute atomic E-state index is 2.48. The molecule has 1 aromatic heterocycles. The average Bonchev–Trinajstić information content (AvgIpc) is 3.48. The van der Waals surface area contributed by atoms with Gasteiger partial charge in [-0.3, -0.25) is 0 Å². The van der Waals surface area contributed by atoms with E-state index >= 15 is 0 Å². The van der Waals surface area contributed by atoms with E-state index in [1.165, 1.54) is 81.7 Å². The molecule has 0 spiro atoms. The molecule has 2 heteroatoms. The fourth-order valence-electron chi connectivity index (χ4n) is 7.71. The molecular formula is C45H35NS. The van der Waals surface area contributed by atoms with Crippen molar-refractivity contribution in [3.05, 3.63) is 174 Å². The van der Waals surface area contributed by atoms with Crippen LogP contribution in [-0.2, 0) is 18.3 Å². The van der Waals surface area contributed by atoms with Gasteiger partial charge in [0.15, 0.2) is 0 Å². The van der Waals surface area contributed by atoms with Gasteiger partial charge < -0.3 is 4.90 Å². The highest BCUT2D eigenvalue weighted by molar-refractivity contribution is 7.25. The number of allylic oxidation sites excluding steroid dienone is 4. The summed E-state index contributed by atoms with van der Waals surface area (Å²) in [5.74, 6) is 0. The van der Waals surface area contributed by atoms with Crippen molar-refractivity contribution >= 4 is 48.6 Å². The van der Waals surface area contributed by atoms with Crippen LogP contribution in [0.5, 0.6) is 0 Å². The Morgan fingerprint density at radius 1 is 0.532 bits per heavy atom. The van der Waals surface area contributed by atoms with Gasteiger partial charge in [0.25, 0.3) is 0 Å². The van der Waals surface area contributed by atoms with E-state index in [4.69, 9.17) is 0 Å². The van der Waals surface area contributed by atoms with Crippen LogP contribution in [-0.4, -0.2) is 0 Å². The van der Waals surface area contributed by atoms with E-state index in [0.29, 0.717) is 0 Å². The lowest BCUT2D eigenvalue weighted by Gasteiger charge is -2.42. The molecule has 0 saturated heterocycles. The lowest BCUT2D eigenvalue weighted by Crippen LogP contribution is -2.30. The van der Waals surface area contributed by atoms with E-state index in [0.717, 1.165) is 12.8 Å². The molecule has 2 heterocycles. The number of benzene rings is 6. The summed E-state index contributed by atoms with van der Waals surface area (Å²) in [6.45, 7) is 4.76. The molecule has 0 radical (unpaired) electrons. The van der Waals surface area contributed by atoms with Crippen LogP contribution in [0.4, 0.5) is 17.1 Å². The predicted molar refractivity (Wildman–Crippen MR) is 203 cm³/mol. The fourth-order valence-corrected chi connectivity index (χ4v) is 8.79. The molecule has 0 saturated carbocycles. The molecule has 0 unspecified atom stereocenters. The summed E-state index contributed by atoms with van der Waals surface area (Å²) in [5.41, 5.74) is 14.1. The van der Waals surface area contributed by atoms with E-state index in [1.807, 2.05) is 11.3 Å². The van der Waals surface area contributed by atoms with Crippen LogP contribution in [0.3, 0.4) is 0 Å². The van der Waals surface area contributed by atoms with Crippen molar-refractivity contribution in [2.45, 2.75) is 32.1 Å². The highest BCUT2D eigenvalue weighted by Gasteiger charge is 2.37. The Balaban J connectivity index is 1.21. The Kier molecular flexibility index (Phi) is 6.55. The summed E-state index contributed by atoms with van der Waals surface area (Å²) in [6, 6.07) is 47.8. The number of hydrogen-bond acceptors (Lipinski definition) is 2. The van der Waals surface area contributed by atoms with Gasteiger partial charge >= 0.3 is 0 Å². The first-order valence-corrected chi connectivity index (χ1v) is 17.4. The molecule has 2 aliphatic rings. The van der Waals surface area contributed by atoms with E-state index in [-0.39, 0.29) is 5.41 Å². The van der Waals surface area contributed by atoms with Crippen molar-refractivity contribution < 1.29 is 0 Å². The van der Waals surface area contributed by atoms with Crippen LogP contribution in [0, 0.1) is 0 Å². The zero-order valence-electron chi connectivity index (χ0n) is 26.7. The van der Waals surface area contributed by atoms with Crippen LogP contribution in [0.2, 0.25) is 0 Å². The van der Waals surface area contributed by atoms with E-state index in [1.54, 1.807) is 0 Å². The van der Waals surface area contributed by atoms with Crippen molar-refractivity contribution in [1.29, 1.82) is 0 Å². The summed E-state index contributed by atoms with van der Waals surface area (Å²) >= 11 is 1.87.